The fourth-order valence-electron chi connectivity index (χ4n) is 1.56. The summed E-state index contributed by atoms with van der Waals surface area (Å²) in [5.74, 6) is -4.22. The summed E-state index contributed by atoms with van der Waals surface area (Å²) in [5.41, 5.74) is 5.24. The SMILES string of the molecule is CCCC(=O)OCC1C=CC(F)=C(C)C1(N)F. The maximum Gasteiger partial charge on any atom is 0.305 e. The molecule has 0 aliphatic heterocycles. The van der Waals surface area contributed by atoms with Gasteiger partial charge in [0.1, 0.15) is 12.4 Å². The number of alkyl halides is 1. The molecule has 1 aliphatic carbocycles. The Morgan fingerprint density at radius 3 is 2.88 bits per heavy atom. The number of nitrogens with two attached hydrogens (primary N) is 1. The first-order chi connectivity index (χ1) is 7.89. The summed E-state index contributed by atoms with van der Waals surface area (Å²) in [6.45, 7) is 2.96. The first-order valence-corrected chi connectivity index (χ1v) is 5.58. The van der Waals surface area contributed by atoms with Gasteiger partial charge >= 0.3 is 5.97 Å². The third kappa shape index (κ3) is 3.12. The summed E-state index contributed by atoms with van der Waals surface area (Å²) in [7, 11) is 0. The van der Waals surface area contributed by atoms with Crippen molar-refractivity contribution in [2.45, 2.75) is 32.5 Å². The van der Waals surface area contributed by atoms with Gasteiger partial charge in [-0.15, -0.1) is 0 Å². The van der Waals surface area contributed by atoms with Crippen LogP contribution in [0.15, 0.2) is 23.6 Å². The Kier molecular flexibility index (Phi) is 4.40. The predicted molar refractivity (Wildman–Crippen MR) is 60.3 cm³/mol. The van der Waals surface area contributed by atoms with Gasteiger partial charge < -0.3 is 4.74 Å². The van der Waals surface area contributed by atoms with Gasteiger partial charge in [0.25, 0.3) is 0 Å². The Balaban J connectivity index is 2.63. The minimum atomic E-state index is -2.30. The van der Waals surface area contributed by atoms with Crippen LogP contribution >= 0.6 is 0 Å². The summed E-state index contributed by atoms with van der Waals surface area (Å²) in [4.78, 5) is 11.1. The van der Waals surface area contributed by atoms with Crippen molar-refractivity contribution in [2.75, 3.05) is 6.61 Å². The zero-order valence-electron chi connectivity index (χ0n) is 10.0. The molecule has 0 aromatic rings. The van der Waals surface area contributed by atoms with Crippen LogP contribution in [0.2, 0.25) is 0 Å². The molecule has 0 saturated carbocycles. The number of carbonyl (C=O) groups excluding carboxylic acids is 1. The van der Waals surface area contributed by atoms with E-state index in [1.165, 1.54) is 13.0 Å². The Hall–Kier alpha value is -1.23. The molecule has 2 unspecified atom stereocenters. The summed E-state index contributed by atoms with van der Waals surface area (Å²) < 4.78 is 32.1. The normalized spacial score (nSPS) is 28.4. The van der Waals surface area contributed by atoms with E-state index in [1.54, 1.807) is 0 Å². The number of hydrogen-bond donors (Lipinski definition) is 1. The van der Waals surface area contributed by atoms with E-state index in [2.05, 4.69) is 0 Å². The van der Waals surface area contributed by atoms with Crippen LogP contribution < -0.4 is 5.73 Å². The summed E-state index contributed by atoms with van der Waals surface area (Å²) in [5, 5.41) is 0. The van der Waals surface area contributed by atoms with Crippen LogP contribution in [0.3, 0.4) is 0 Å². The van der Waals surface area contributed by atoms with Gasteiger partial charge in [0.15, 0.2) is 5.79 Å². The fraction of sp³-hybridized carbons (Fsp3) is 0.583. The van der Waals surface area contributed by atoms with Crippen molar-refractivity contribution in [1.82, 2.24) is 0 Å². The number of allylic oxidation sites excluding steroid dienone is 2. The van der Waals surface area contributed by atoms with Crippen LogP contribution in [0.4, 0.5) is 8.78 Å². The molecule has 0 saturated heterocycles. The van der Waals surface area contributed by atoms with Crippen LogP contribution in [0.1, 0.15) is 26.7 Å². The minimum absolute atomic E-state index is 0.170. The molecule has 0 amide bonds. The van der Waals surface area contributed by atoms with Gasteiger partial charge in [0.05, 0.1) is 5.92 Å². The molecule has 5 heteroatoms. The lowest BCUT2D eigenvalue weighted by Gasteiger charge is -2.31. The molecule has 0 bridgehead atoms. The molecule has 0 heterocycles. The van der Waals surface area contributed by atoms with Gasteiger partial charge in [-0.25, -0.2) is 8.78 Å². The molecule has 0 spiro atoms. The van der Waals surface area contributed by atoms with E-state index in [1.807, 2.05) is 6.92 Å². The van der Waals surface area contributed by atoms with Gasteiger partial charge in [0.2, 0.25) is 0 Å². The fourth-order valence-corrected chi connectivity index (χ4v) is 1.56. The molecule has 3 nitrogen and oxygen atoms in total. The maximum absolute atomic E-state index is 14.1. The van der Waals surface area contributed by atoms with Crippen LogP contribution in [0.25, 0.3) is 0 Å². The lowest BCUT2D eigenvalue weighted by Crippen LogP contribution is -2.47. The Morgan fingerprint density at radius 1 is 1.65 bits per heavy atom. The number of carbonyl (C=O) groups is 1. The largest absolute Gasteiger partial charge is 0.465 e. The van der Waals surface area contributed by atoms with Gasteiger partial charge in [-0.1, -0.05) is 13.0 Å². The zero-order valence-corrected chi connectivity index (χ0v) is 10.0. The van der Waals surface area contributed by atoms with Crippen LogP contribution in [0.5, 0.6) is 0 Å². The first kappa shape index (κ1) is 13.8. The molecule has 2 atom stereocenters. The quantitative estimate of drug-likeness (QED) is 0.611. The van der Waals surface area contributed by atoms with Crippen molar-refractivity contribution in [3.8, 4) is 0 Å². The van der Waals surface area contributed by atoms with Crippen molar-refractivity contribution in [3.05, 3.63) is 23.6 Å². The van der Waals surface area contributed by atoms with Crippen molar-refractivity contribution in [1.29, 1.82) is 0 Å². The van der Waals surface area contributed by atoms with Gasteiger partial charge in [-0.2, -0.15) is 0 Å². The van der Waals surface area contributed by atoms with E-state index < -0.39 is 23.5 Å². The van der Waals surface area contributed by atoms with Crippen LogP contribution in [0, 0.1) is 5.92 Å². The zero-order chi connectivity index (χ0) is 13.1. The standard InChI is InChI=1S/C12H17F2NO2/c1-3-4-11(16)17-7-9-5-6-10(13)8(2)12(9,14)15/h5-6,9H,3-4,7,15H2,1-2H3. The number of esters is 1. The highest BCUT2D eigenvalue weighted by Crippen LogP contribution is 2.33. The molecule has 0 fully saturated rings. The lowest BCUT2D eigenvalue weighted by atomic mass is 9.87. The molecule has 17 heavy (non-hydrogen) atoms. The van der Waals surface area contributed by atoms with Crippen LogP contribution in [-0.2, 0) is 9.53 Å². The molecule has 1 aliphatic rings. The number of rotatable bonds is 4. The second-order valence-corrected chi connectivity index (χ2v) is 4.14. The summed E-state index contributed by atoms with van der Waals surface area (Å²) in [6.07, 6.45) is 3.39. The third-order valence-corrected chi connectivity index (χ3v) is 2.83. The van der Waals surface area contributed by atoms with E-state index >= 15 is 0 Å². The van der Waals surface area contributed by atoms with Crippen molar-refractivity contribution in [2.24, 2.45) is 11.7 Å². The van der Waals surface area contributed by atoms with E-state index in [0.717, 1.165) is 6.08 Å². The lowest BCUT2D eigenvalue weighted by molar-refractivity contribution is -0.145. The second-order valence-electron chi connectivity index (χ2n) is 4.14. The van der Waals surface area contributed by atoms with Crippen LogP contribution in [-0.4, -0.2) is 18.4 Å². The third-order valence-electron chi connectivity index (χ3n) is 2.83. The molecule has 0 aromatic heterocycles. The van der Waals surface area contributed by atoms with Crippen molar-refractivity contribution >= 4 is 5.97 Å². The maximum atomic E-state index is 14.1. The van der Waals surface area contributed by atoms with E-state index in [9.17, 15) is 13.6 Å². The first-order valence-electron chi connectivity index (χ1n) is 5.58. The molecule has 1 rings (SSSR count). The molecule has 0 radical (unpaired) electrons. The highest BCUT2D eigenvalue weighted by atomic mass is 19.2. The number of hydrogen-bond acceptors (Lipinski definition) is 3. The van der Waals surface area contributed by atoms with Crippen molar-refractivity contribution in [3.63, 3.8) is 0 Å². The van der Waals surface area contributed by atoms with E-state index in [4.69, 9.17) is 10.5 Å². The Bertz CT molecular complexity index is 362. The summed E-state index contributed by atoms with van der Waals surface area (Å²) >= 11 is 0. The highest BCUT2D eigenvalue weighted by Gasteiger charge is 2.40. The molecular weight excluding hydrogens is 228 g/mol. The van der Waals surface area contributed by atoms with Crippen molar-refractivity contribution < 1.29 is 18.3 Å². The topological polar surface area (TPSA) is 52.3 Å². The van der Waals surface area contributed by atoms with E-state index in [0.29, 0.717) is 6.42 Å². The molecule has 2 N–H and O–H groups in total. The van der Waals surface area contributed by atoms with Gasteiger partial charge in [0, 0.05) is 12.0 Å². The van der Waals surface area contributed by atoms with E-state index in [-0.39, 0.29) is 18.6 Å². The smallest absolute Gasteiger partial charge is 0.305 e. The predicted octanol–water partition coefficient (Wildman–Crippen LogP) is 2.38. The highest BCUT2D eigenvalue weighted by molar-refractivity contribution is 5.69. The monoisotopic (exact) mass is 245 g/mol. The molecule has 0 aromatic carbocycles. The number of halogens is 2. The molecular formula is C12H17F2NO2. The number of ether oxygens (including phenoxy) is 1. The molecule has 96 valence electrons. The van der Waals surface area contributed by atoms with Gasteiger partial charge in [-0.05, 0) is 19.4 Å². The Labute approximate surface area is 99.3 Å². The average Bonchev–Trinajstić information content (AvgIpc) is 2.25. The summed E-state index contributed by atoms with van der Waals surface area (Å²) in [6, 6.07) is 0. The Morgan fingerprint density at radius 2 is 2.29 bits per heavy atom. The minimum Gasteiger partial charge on any atom is -0.465 e. The second kappa shape index (κ2) is 5.40. The van der Waals surface area contributed by atoms with Gasteiger partial charge in [-0.3, -0.25) is 10.5 Å². The average molecular weight is 245 g/mol.